The molecule has 7 heteroatoms. The van der Waals surface area contributed by atoms with E-state index in [-0.39, 0.29) is 27.9 Å². The number of hydrogen-bond acceptors (Lipinski definition) is 4. The molecule has 2 aromatic rings. The third-order valence-corrected chi connectivity index (χ3v) is 5.92. The van der Waals surface area contributed by atoms with E-state index in [0.717, 1.165) is 11.6 Å². The molecule has 140 valence electrons. The summed E-state index contributed by atoms with van der Waals surface area (Å²) in [6.45, 7) is 6.65. The lowest BCUT2D eigenvalue weighted by molar-refractivity contribution is -0.128. The number of carbonyl (C=O) groups excluding carboxylic acids is 1. The maximum absolute atomic E-state index is 13.7. The van der Waals surface area contributed by atoms with Crippen LogP contribution in [0, 0.1) is 12.7 Å². The van der Waals surface area contributed by atoms with Crippen LogP contribution in [0.5, 0.6) is 0 Å². The first-order valence-electron chi connectivity index (χ1n) is 8.42. The van der Waals surface area contributed by atoms with Crippen molar-refractivity contribution in [3.63, 3.8) is 0 Å². The van der Waals surface area contributed by atoms with Crippen molar-refractivity contribution in [1.82, 2.24) is 4.90 Å². The predicted octanol–water partition coefficient (Wildman–Crippen LogP) is 3.25. The van der Waals surface area contributed by atoms with Crippen molar-refractivity contribution in [2.75, 3.05) is 25.0 Å². The number of likely N-dealkylation sites (N-methyl/N-ethyl adjacent to an activating group) is 1. The van der Waals surface area contributed by atoms with Gasteiger partial charge in [-0.3, -0.25) is 4.79 Å². The van der Waals surface area contributed by atoms with Crippen molar-refractivity contribution in [3.8, 4) is 0 Å². The van der Waals surface area contributed by atoms with Crippen LogP contribution < -0.4 is 5.32 Å². The average Bonchev–Trinajstić information content (AvgIpc) is 2.62. The molecular formula is C19H23FN2O3S. The Hall–Kier alpha value is -2.41. The number of nitrogens with zero attached hydrogens (tertiary/aromatic N) is 1. The molecule has 0 spiro atoms. The van der Waals surface area contributed by atoms with Crippen molar-refractivity contribution in [2.24, 2.45) is 0 Å². The Labute approximate surface area is 153 Å². The first-order chi connectivity index (χ1) is 12.3. The van der Waals surface area contributed by atoms with E-state index >= 15 is 0 Å². The number of anilines is 1. The lowest BCUT2D eigenvalue weighted by Gasteiger charge is -2.20. The number of hydrogen-bond donors (Lipinski definition) is 1. The molecule has 5 nitrogen and oxygen atoms in total. The zero-order chi connectivity index (χ0) is 19.3. The predicted molar refractivity (Wildman–Crippen MR) is 99.4 cm³/mol. The number of rotatable bonds is 7. The second-order valence-electron chi connectivity index (χ2n) is 5.88. The number of halogens is 1. The Morgan fingerprint density at radius 2 is 1.69 bits per heavy atom. The van der Waals surface area contributed by atoms with Crippen molar-refractivity contribution < 1.29 is 17.6 Å². The van der Waals surface area contributed by atoms with E-state index in [1.807, 2.05) is 20.8 Å². The van der Waals surface area contributed by atoms with Gasteiger partial charge in [0.25, 0.3) is 0 Å². The van der Waals surface area contributed by atoms with Crippen LogP contribution in [0.15, 0.2) is 52.3 Å². The molecule has 2 aromatic carbocycles. The molecule has 0 aliphatic rings. The molecular weight excluding hydrogens is 355 g/mol. The lowest BCUT2D eigenvalue weighted by Crippen LogP contribution is -2.35. The number of sulfone groups is 1. The lowest BCUT2D eigenvalue weighted by atomic mass is 10.2. The van der Waals surface area contributed by atoms with E-state index in [1.54, 1.807) is 17.0 Å². The van der Waals surface area contributed by atoms with Gasteiger partial charge < -0.3 is 10.2 Å². The molecule has 0 heterocycles. The molecule has 0 atom stereocenters. The first-order valence-corrected chi connectivity index (χ1v) is 9.90. The summed E-state index contributed by atoms with van der Waals surface area (Å²) >= 11 is 0. The van der Waals surface area contributed by atoms with E-state index in [9.17, 15) is 17.6 Å². The number of aryl methyl sites for hydroxylation is 1. The van der Waals surface area contributed by atoms with Gasteiger partial charge in [0.1, 0.15) is 5.82 Å². The molecule has 0 unspecified atom stereocenters. The van der Waals surface area contributed by atoms with E-state index < -0.39 is 15.7 Å². The summed E-state index contributed by atoms with van der Waals surface area (Å²) < 4.78 is 39.5. The highest BCUT2D eigenvalue weighted by Crippen LogP contribution is 2.28. The topological polar surface area (TPSA) is 66.5 Å². The molecule has 0 aliphatic carbocycles. The highest BCUT2D eigenvalue weighted by molar-refractivity contribution is 7.91. The van der Waals surface area contributed by atoms with Gasteiger partial charge in [-0.1, -0.05) is 17.7 Å². The average molecular weight is 378 g/mol. The van der Waals surface area contributed by atoms with Gasteiger partial charge >= 0.3 is 0 Å². The van der Waals surface area contributed by atoms with E-state index in [2.05, 4.69) is 5.32 Å². The Morgan fingerprint density at radius 1 is 1.08 bits per heavy atom. The van der Waals surface area contributed by atoms with E-state index in [0.29, 0.717) is 13.1 Å². The van der Waals surface area contributed by atoms with Gasteiger partial charge in [-0.15, -0.1) is 0 Å². The molecule has 0 bridgehead atoms. The molecule has 1 amide bonds. The van der Waals surface area contributed by atoms with Crippen LogP contribution in [0.4, 0.5) is 10.1 Å². The summed E-state index contributed by atoms with van der Waals surface area (Å²) in [7, 11) is -3.92. The summed E-state index contributed by atoms with van der Waals surface area (Å²) in [6, 6.07) is 9.82. The Balaban J connectivity index is 2.35. The molecule has 0 saturated carbocycles. The van der Waals surface area contributed by atoms with Gasteiger partial charge in [-0.25, -0.2) is 12.8 Å². The number of carbonyl (C=O) groups is 1. The summed E-state index contributed by atoms with van der Waals surface area (Å²) in [4.78, 5) is 13.7. The molecule has 1 N–H and O–H groups in total. The fourth-order valence-corrected chi connectivity index (χ4v) is 4.01. The van der Waals surface area contributed by atoms with Crippen LogP contribution in [0.2, 0.25) is 0 Å². The monoisotopic (exact) mass is 378 g/mol. The quantitative estimate of drug-likeness (QED) is 0.803. The number of nitrogens with one attached hydrogen (secondary N) is 1. The fraction of sp³-hybridized carbons (Fsp3) is 0.316. The van der Waals surface area contributed by atoms with Gasteiger partial charge in [0.2, 0.25) is 15.7 Å². The maximum Gasteiger partial charge on any atom is 0.241 e. The first kappa shape index (κ1) is 19.9. The van der Waals surface area contributed by atoms with E-state index in [1.165, 1.54) is 24.3 Å². The molecule has 0 radical (unpaired) electrons. The normalized spacial score (nSPS) is 11.2. The van der Waals surface area contributed by atoms with Crippen molar-refractivity contribution in [1.29, 1.82) is 0 Å². The van der Waals surface area contributed by atoms with Gasteiger partial charge in [-0.2, -0.15) is 0 Å². The summed E-state index contributed by atoms with van der Waals surface area (Å²) in [5, 5.41) is 2.84. The molecule has 0 saturated heterocycles. The van der Waals surface area contributed by atoms with Gasteiger partial charge in [0.15, 0.2) is 0 Å². The Kier molecular flexibility index (Phi) is 6.37. The van der Waals surface area contributed by atoms with Crippen LogP contribution in [-0.2, 0) is 14.6 Å². The smallest absolute Gasteiger partial charge is 0.241 e. The fourth-order valence-electron chi connectivity index (χ4n) is 2.57. The maximum atomic E-state index is 13.7. The van der Waals surface area contributed by atoms with Crippen LogP contribution in [-0.4, -0.2) is 38.9 Å². The van der Waals surface area contributed by atoms with Gasteiger partial charge in [-0.05, 0) is 51.1 Å². The summed E-state index contributed by atoms with van der Waals surface area (Å²) in [6.07, 6.45) is 0. The van der Waals surface area contributed by atoms with Crippen molar-refractivity contribution in [3.05, 3.63) is 53.8 Å². The number of amides is 1. The summed E-state index contributed by atoms with van der Waals surface area (Å²) in [5.74, 6) is -0.811. The van der Waals surface area contributed by atoms with Crippen LogP contribution >= 0.6 is 0 Å². The Morgan fingerprint density at radius 3 is 2.27 bits per heavy atom. The van der Waals surface area contributed by atoms with Crippen molar-refractivity contribution >= 4 is 21.4 Å². The van der Waals surface area contributed by atoms with Crippen molar-refractivity contribution in [2.45, 2.75) is 30.6 Å². The van der Waals surface area contributed by atoms with Crippen LogP contribution in [0.1, 0.15) is 19.4 Å². The molecule has 0 fully saturated rings. The molecule has 0 aromatic heterocycles. The van der Waals surface area contributed by atoms with Crippen LogP contribution in [0.3, 0.4) is 0 Å². The van der Waals surface area contributed by atoms with Gasteiger partial charge in [0.05, 0.1) is 22.0 Å². The third-order valence-electron chi connectivity index (χ3n) is 4.11. The van der Waals surface area contributed by atoms with Gasteiger partial charge in [0, 0.05) is 13.1 Å². The zero-order valence-electron chi connectivity index (χ0n) is 15.1. The minimum Gasteiger partial charge on any atom is -0.375 e. The minimum absolute atomic E-state index is 0.0657. The second-order valence-corrected chi connectivity index (χ2v) is 7.79. The minimum atomic E-state index is -3.92. The molecule has 26 heavy (non-hydrogen) atoms. The largest absolute Gasteiger partial charge is 0.375 e. The standard InChI is InChI=1S/C19H23FN2O3S/c1-4-22(5-2)19(23)13-21-17-11-8-15(20)12-18(17)26(24,25)16-9-6-14(3)7-10-16/h6-12,21H,4-5,13H2,1-3H3. The highest BCUT2D eigenvalue weighted by Gasteiger charge is 2.23. The summed E-state index contributed by atoms with van der Waals surface area (Å²) in [5.41, 5.74) is 1.12. The molecule has 0 aliphatic heterocycles. The van der Waals surface area contributed by atoms with E-state index in [4.69, 9.17) is 0 Å². The molecule has 2 rings (SSSR count). The zero-order valence-corrected chi connectivity index (χ0v) is 15.9. The Bertz CT molecular complexity index is 876. The second kappa shape index (κ2) is 8.31. The third kappa shape index (κ3) is 4.40. The highest BCUT2D eigenvalue weighted by atomic mass is 32.2. The van der Waals surface area contributed by atoms with Crippen LogP contribution in [0.25, 0.3) is 0 Å². The SMILES string of the molecule is CCN(CC)C(=O)CNc1ccc(F)cc1S(=O)(=O)c1ccc(C)cc1. The number of benzene rings is 2.